The van der Waals surface area contributed by atoms with Crippen LogP contribution in [0.2, 0.25) is 0 Å². The fourth-order valence-electron chi connectivity index (χ4n) is 3.22. The highest BCUT2D eigenvalue weighted by atomic mass is 32.2. The maximum atomic E-state index is 12.7. The summed E-state index contributed by atoms with van der Waals surface area (Å²) in [6, 6.07) is 10.1. The van der Waals surface area contributed by atoms with Gasteiger partial charge in [-0.05, 0) is 44.5 Å². The molecule has 0 saturated carbocycles. The first-order valence-corrected chi connectivity index (χ1v) is 9.47. The van der Waals surface area contributed by atoms with Gasteiger partial charge >= 0.3 is 0 Å². The van der Waals surface area contributed by atoms with Crippen molar-refractivity contribution in [3.8, 4) is 0 Å². The Hall–Kier alpha value is -1.33. The van der Waals surface area contributed by atoms with Gasteiger partial charge in [-0.25, -0.2) is 0 Å². The zero-order chi connectivity index (χ0) is 16.1. The molecule has 0 N–H and O–H groups in total. The zero-order valence-electron chi connectivity index (χ0n) is 13.4. The predicted molar refractivity (Wildman–Crippen MR) is 92.0 cm³/mol. The van der Waals surface area contributed by atoms with Gasteiger partial charge in [-0.15, -0.1) is 11.8 Å². The molecule has 2 heterocycles. The number of hydrogen-bond donors (Lipinski definition) is 0. The molecule has 2 amide bonds. The zero-order valence-corrected chi connectivity index (χ0v) is 14.3. The third-order valence-electron chi connectivity index (χ3n) is 4.61. The van der Waals surface area contributed by atoms with Gasteiger partial charge in [-0.2, -0.15) is 0 Å². The van der Waals surface area contributed by atoms with Crippen molar-refractivity contribution in [3.63, 3.8) is 0 Å². The van der Waals surface area contributed by atoms with Crippen LogP contribution in [0.4, 0.5) is 0 Å². The monoisotopic (exact) mass is 332 g/mol. The Morgan fingerprint density at radius 1 is 1.04 bits per heavy atom. The summed E-state index contributed by atoms with van der Waals surface area (Å²) in [5.74, 6) is 0.742. The van der Waals surface area contributed by atoms with Gasteiger partial charge in [0.15, 0.2) is 0 Å². The van der Waals surface area contributed by atoms with Crippen molar-refractivity contribution in [2.24, 2.45) is 5.92 Å². The molecule has 0 aliphatic carbocycles. The topological polar surface area (TPSA) is 40.6 Å². The highest BCUT2D eigenvalue weighted by molar-refractivity contribution is 7.99. The first-order chi connectivity index (χ1) is 11.2. The largest absolute Gasteiger partial charge is 0.286 e. The van der Waals surface area contributed by atoms with E-state index in [1.54, 1.807) is 11.8 Å². The van der Waals surface area contributed by atoms with Gasteiger partial charge in [-0.3, -0.25) is 19.4 Å². The Kier molecular flexibility index (Phi) is 5.73. The van der Waals surface area contributed by atoms with E-state index < -0.39 is 0 Å². The Morgan fingerprint density at radius 3 is 2.52 bits per heavy atom. The minimum atomic E-state index is -0.0392. The molecule has 2 saturated heterocycles. The molecule has 1 aromatic carbocycles. The van der Waals surface area contributed by atoms with Crippen molar-refractivity contribution in [1.29, 1.82) is 0 Å². The minimum absolute atomic E-state index is 0.00142. The smallest absolute Gasteiger partial charge is 0.234 e. The quantitative estimate of drug-likeness (QED) is 0.614. The Bertz CT molecular complexity index is 543. The number of rotatable bonds is 5. The highest BCUT2D eigenvalue weighted by Gasteiger charge is 2.35. The second-order valence-corrected chi connectivity index (χ2v) is 7.43. The van der Waals surface area contributed by atoms with Crippen molar-refractivity contribution in [3.05, 3.63) is 30.3 Å². The lowest BCUT2D eigenvalue weighted by molar-refractivity contribution is -0.154. The number of amides is 2. The van der Waals surface area contributed by atoms with Gasteiger partial charge in [0.2, 0.25) is 11.8 Å². The first-order valence-electron chi connectivity index (χ1n) is 8.48. The fraction of sp³-hybridized carbons (Fsp3) is 0.556. The lowest BCUT2D eigenvalue weighted by Crippen LogP contribution is -2.51. The van der Waals surface area contributed by atoms with E-state index in [9.17, 15) is 9.59 Å². The maximum Gasteiger partial charge on any atom is 0.234 e. The summed E-state index contributed by atoms with van der Waals surface area (Å²) in [6.45, 7) is 2.49. The van der Waals surface area contributed by atoms with Crippen molar-refractivity contribution in [2.45, 2.75) is 37.0 Å². The second-order valence-electron chi connectivity index (χ2n) is 6.34. The third-order valence-corrected chi connectivity index (χ3v) is 5.78. The summed E-state index contributed by atoms with van der Waals surface area (Å²) in [4.78, 5) is 29.8. The molecule has 0 spiro atoms. The molecule has 124 valence electrons. The molecule has 23 heavy (non-hydrogen) atoms. The molecule has 2 aliphatic heterocycles. The van der Waals surface area contributed by atoms with Crippen molar-refractivity contribution >= 4 is 23.6 Å². The van der Waals surface area contributed by atoms with Gasteiger partial charge in [0.25, 0.3) is 0 Å². The molecule has 1 aromatic rings. The number of hydrogen-bond acceptors (Lipinski definition) is 4. The van der Waals surface area contributed by atoms with E-state index in [1.807, 2.05) is 18.2 Å². The fourth-order valence-corrected chi connectivity index (χ4v) is 4.27. The van der Waals surface area contributed by atoms with E-state index >= 15 is 0 Å². The van der Waals surface area contributed by atoms with Crippen molar-refractivity contribution in [1.82, 2.24) is 9.80 Å². The van der Waals surface area contributed by atoms with Crippen LogP contribution in [0.1, 0.15) is 32.1 Å². The van der Waals surface area contributed by atoms with Crippen LogP contribution in [0.3, 0.4) is 0 Å². The molecule has 0 radical (unpaired) electrons. The summed E-state index contributed by atoms with van der Waals surface area (Å²) in [7, 11) is 0. The number of piperidine rings is 2. The number of benzene rings is 1. The van der Waals surface area contributed by atoms with E-state index in [0.717, 1.165) is 18.8 Å². The third kappa shape index (κ3) is 4.36. The minimum Gasteiger partial charge on any atom is -0.286 e. The number of carbonyl (C=O) groups is 2. The molecule has 2 fully saturated rings. The summed E-state index contributed by atoms with van der Waals surface area (Å²) in [5.41, 5.74) is 0. The van der Waals surface area contributed by atoms with Gasteiger partial charge in [0.1, 0.15) is 0 Å². The van der Waals surface area contributed by atoms with Crippen LogP contribution in [-0.4, -0.2) is 47.1 Å². The van der Waals surface area contributed by atoms with Gasteiger partial charge in [-0.1, -0.05) is 24.6 Å². The van der Waals surface area contributed by atoms with Crippen LogP contribution in [0.15, 0.2) is 35.2 Å². The summed E-state index contributed by atoms with van der Waals surface area (Å²) in [6.07, 6.45) is 4.79. The molecule has 4 nitrogen and oxygen atoms in total. The lowest BCUT2D eigenvalue weighted by Gasteiger charge is -2.36. The van der Waals surface area contributed by atoms with E-state index in [-0.39, 0.29) is 17.7 Å². The van der Waals surface area contributed by atoms with E-state index in [1.165, 1.54) is 29.1 Å². The first kappa shape index (κ1) is 16.5. The number of carbonyl (C=O) groups excluding carboxylic acids is 2. The standard InChI is InChI=1S/C18H24N2O2S/c21-17-10-9-15(13-23-16-7-3-1-4-8-16)18(22)20(17)14-19-11-5-2-6-12-19/h1,3-4,7-8,15H,2,5-6,9-14H2. The average molecular weight is 332 g/mol. The Labute approximate surface area is 142 Å². The molecular formula is C18H24N2O2S. The highest BCUT2D eigenvalue weighted by Crippen LogP contribution is 2.27. The number of nitrogens with zero attached hydrogens (tertiary/aromatic N) is 2. The predicted octanol–water partition coefficient (Wildman–Crippen LogP) is 2.99. The van der Waals surface area contributed by atoms with Gasteiger partial charge in [0, 0.05) is 23.0 Å². The lowest BCUT2D eigenvalue weighted by atomic mass is 9.98. The van der Waals surface area contributed by atoms with E-state index in [4.69, 9.17) is 0 Å². The summed E-state index contributed by atoms with van der Waals surface area (Å²) >= 11 is 1.71. The molecule has 1 unspecified atom stereocenters. The van der Waals surface area contributed by atoms with Crippen LogP contribution in [0.25, 0.3) is 0 Å². The molecule has 1 atom stereocenters. The van der Waals surface area contributed by atoms with Crippen LogP contribution in [0.5, 0.6) is 0 Å². The van der Waals surface area contributed by atoms with Crippen LogP contribution in [-0.2, 0) is 9.59 Å². The normalized spacial score (nSPS) is 23.3. The van der Waals surface area contributed by atoms with Crippen LogP contribution in [0, 0.1) is 5.92 Å². The molecule has 2 aliphatic rings. The average Bonchev–Trinajstić information content (AvgIpc) is 2.60. The van der Waals surface area contributed by atoms with Crippen molar-refractivity contribution in [2.75, 3.05) is 25.5 Å². The van der Waals surface area contributed by atoms with Gasteiger partial charge < -0.3 is 0 Å². The molecule has 5 heteroatoms. The number of imide groups is 1. The number of thioether (sulfide) groups is 1. The summed E-state index contributed by atoms with van der Waals surface area (Å²) < 4.78 is 0. The molecular weight excluding hydrogens is 308 g/mol. The molecule has 3 rings (SSSR count). The summed E-state index contributed by atoms with van der Waals surface area (Å²) in [5, 5.41) is 0. The van der Waals surface area contributed by atoms with Crippen LogP contribution < -0.4 is 0 Å². The maximum absolute atomic E-state index is 12.7. The van der Waals surface area contributed by atoms with E-state index in [2.05, 4.69) is 17.0 Å². The van der Waals surface area contributed by atoms with Crippen LogP contribution >= 0.6 is 11.8 Å². The Morgan fingerprint density at radius 2 is 1.78 bits per heavy atom. The molecule has 0 bridgehead atoms. The molecule has 0 aromatic heterocycles. The Balaban J connectivity index is 1.57. The van der Waals surface area contributed by atoms with E-state index in [0.29, 0.717) is 19.5 Å². The van der Waals surface area contributed by atoms with Crippen molar-refractivity contribution < 1.29 is 9.59 Å². The second kappa shape index (κ2) is 7.97. The number of likely N-dealkylation sites (tertiary alicyclic amines) is 2. The van der Waals surface area contributed by atoms with Gasteiger partial charge in [0.05, 0.1) is 6.67 Å². The SMILES string of the molecule is O=C1CCC(CSc2ccccc2)C(=O)N1CN1CCCCC1.